The van der Waals surface area contributed by atoms with E-state index >= 15 is 0 Å². The van der Waals surface area contributed by atoms with E-state index in [0.717, 1.165) is 6.42 Å². The number of rotatable bonds is 7. The second-order valence-corrected chi connectivity index (χ2v) is 8.47. The second-order valence-electron chi connectivity index (χ2n) is 8.47. The third-order valence-corrected chi connectivity index (χ3v) is 6.40. The summed E-state index contributed by atoms with van der Waals surface area (Å²) in [5.41, 5.74) is 0. The molecule has 4 heterocycles. The van der Waals surface area contributed by atoms with Crippen LogP contribution in [0.3, 0.4) is 0 Å². The van der Waals surface area contributed by atoms with E-state index in [4.69, 9.17) is 4.74 Å². The zero-order valence-corrected chi connectivity index (χ0v) is 17.1. The highest BCUT2D eigenvalue weighted by atomic mass is 16.6. The molecule has 4 amide bonds. The Hall–Kier alpha value is -2.49. The lowest BCUT2D eigenvalue weighted by Gasteiger charge is -2.30. The number of nitrogens with zero attached hydrogens (tertiary/aromatic N) is 2. The van der Waals surface area contributed by atoms with E-state index in [0.29, 0.717) is 51.7 Å². The van der Waals surface area contributed by atoms with Crippen molar-refractivity contribution in [2.75, 3.05) is 13.2 Å². The van der Waals surface area contributed by atoms with E-state index in [1.807, 2.05) is 0 Å². The van der Waals surface area contributed by atoms with E-state index in [-0.39, 0.29) is 29.6 Å². The van der Waals surface area contributed by atoms with Gasteiger partial charge in [0.05, 0.1) is 6.61 Å². The van der Waals surface area contributed by atoms with Crippen LogP contribution >= 0.6 is 0 Å². The van der Waals surface area contributed by atoms with Crippen molar-refractivity contribution in [1.29, 1.82) is 0 Å². The van der Waals surface area contributed by atoms with Crippen molar-refractivity contribution < 1.29 is 28.7 Å². The van der Waals surface area contributed by atoms with Crippen molar-refractivity contribution in [2.45, 2.75) is 82.3 Å². The fourth-order valence-electron chi connectivity index (χ4n) is 4.57. The van der Waals surface area contributed by atoms with Crippen LogP contribution in [0, 0.1) is 0 Å². The normalized spacial score (nSPS) is 33.3. The van der Waals surface area contributed by atoms with Gasteiger partial charge in [-0.25, -0.2) is 0 Å². The second kappa shape index (κ2) is 8.33. The van der Waals surface area contributed by atoms with Crippen molar-refractivity contribution >= 4 is 29.4 Å². The van der Waals surface area contributed by atoms with Gasteiger partial charge in [-0.15, -0.1) is 0 Å². The van der Waals surface area contributed by atoms with Crippen LogP contribution in [0.4, 0.5) is 0 Å². The Morgan fingerprint density at radius 2 is 1.83 bits per heavy atom. The minimum absolute atomic E-state index is 0.117. The molecule has 0 radical (unpaired) electrons. The number of epoxide rings is 1. The van der Waals surface area contributed by atoms with E-state index in [1.165, 1.54) is 4.90 Å². The topological polar surface area (TPSA) is 128 Å². The molecule has 0 aromatic rings. The van der Waals surface area contributed by atoms with Gasteiger partial charge in [-0.3, -0.25) is 24.0 Å². The first kappa shape index (κ1) is 20.8. The summed E-state index contributed by atoms with van der Waals surface area (Å²) in [4.78, 5) is 65.7. The number of amides is 4. The highest BCUT2D eigenvalue weighted by Crippen LogP contribution is 2.26. The molecule has 4 aliphatic rings. The summed E-state index contributed by atoms with van der Waals surface area (Å²) < 4.78 is 4.98. The minimum Gasteiger partial charge on any atom is -0.365 e. The first-order chi connectivity index (χ1) is 14.4. The average molecular weight is 420 g/mol. The molecule has 2 N–H and O–H groups in total. The van der Waals surface area contributed by atoms with Gasteiger partial charge in [0.2, 0.25) is 17.7 Å². The first-order valence-corrected chi connectivity index (χ1v) is 10.8. The Morgan fingerprint density at radius 1 is 1.07 bits per heavy atom. The van der Waals surface area contributed by atoms with Crippen LogP contribution in [-0.4, -0.2) is 82.8 Å². The van der Waals surface area contributed by atoms with Gasteiger partial charge < -0.3 is 25.2 Å². The van der Waals surface area contributed by atoms with Crippen LogP contribution in [0.25, 0.3) is 0 Å². The standard InChI is InChI=1S/C20H28N4O6/c1-11-17(26)22-16-18(27)21-12(6-3-2-4-8-14(25)15-10-30-15)19(28)23-9-5-7-13(23)20(29)24(11)16/h11-13,15-16H,2-10H2,1H3,(H,21,27)(H,22,26). The molecule has 30 heavy (non-hydrogen) atoms. The molecule has 4 fully saturated rings. The quantitative estimate of drug-likeness (QED) is 0.404. The van der Waals surface area contributed by atoms with Crippen molar-refractivity contribution in [3.8, 4) is 0 Å². The molecule has 0 aromatic heterocycles. The predicted octanol–water partition coefficient (Wildman–Crippen LogP) is -0.933. The van der Waals surface area contributed by atoms with Crippen LogP contribution in [0.5, 0.6) is 0 Å². The van der Waals surface area contributed by atoms with Crippen molar-refractivity contribution in [2.24, 2.45) is 0 Å². The summed E-state index contributed by atoms with van der Waals surface area (Å²) in [6.45, 7) is 2.57. The summed E-state index contributed by atoms with van der Waals surface area (Å²) in [7, 11) is 0. The van der Waals surface area contributed by atoms with Crippen LogP contribution in [0.15, 0.2) is 0 Å². The summed E-state index contributed by atoms with van der Waals surface area (Å²) >= 11 is 0. The summed E-state index contributed by atoms with van der Waals surface area (Å²) in [6.07, 6.45) is 2.93. The SMILES string of the molecule is CC1C(=O)NC2C(=O)NC(CCCCCC(=O)C3CO3)C(=O)N3CCCC3C(=O)N12. The Kier molecular flexibility index (Phi) is 5.77. The molecular weight excluding hydrogens is 392 g/mol. The van der Waals surface area contributed by atoms with Crippen molar-refractivity contribution in [3.63, 3.8) is 0 Å². The van der Waals surface area contributed by atoms with Crippen molar-refractivity contribution in [3.05, 3.63) is 0 Å². The number of carbonyl (C=O) groups excluding carboxylic acids is 5. The van der Waals surface area contributed by atoms with Gasteiger partial charge in [-0.1, -0.05) is 12.8 Å². The maximum absolute atomic E-state index is 13.1. The number of ether oxygens (including phenoxy) is 1. The number of nitrogens with one attached hydrogen (secondary N) is 2. The zero-order chi connectivity index (χ0) is 21.4. The predicted molar refractivity (Wildman–Crippen MR) is 103 cm³/mol. The molecule has 0 aromatic carbocycles. The number of unbranched alkanes of at least 4 members (excludes halogenated alkanes) is 2. The molecule has 4 rings (SSSR count). The Bertz CT molecular complexity index is 766. The smallest absolute Gasteiger partial charge is 0.264 e. The molecule has 0 spiro atoms. The maximum atomic E-state index is 13.1. The van der Waals surface area contributed by atoms with Gasteiger partial charge in [0, 0.05) is 13.0 Å². The number of ketones is 1. The molecule has 4 aliphatic heterocycles. The molecule has 0 aliphatic carbocycles. The fourth-order valence-corrected chi connectivity index (χ4v) is 4.57. The van der Waals surface area contributed by atoms with Crippen LogP contribution in [0.1, 0.15) is 51.9 Å². The average Bonchev–Trinajstić information content (AvgIpc) is 3.38. The van der Waals surface area contributed by atoms with Gasteiger partial charge in [0.15, 0.2) is 11.9 Å². The Labute approximate surface area is 174 Å². The number of fused-ring (bicyclic) bond motifs is 2. The molecule has 4 saturated heterocycles. The van der Waals surface area contributed by atoms with Crippen LogP contribution in [-0.2, 0) is 28.7 Å². The first-order valence-electron chi connectivity index (χ1n) is 10.8. The van der Waals surface area contributed by atoms with E-state index in [2.05, 4.69) is 10.6 Å². The summed E-state index contributed by atoms with van der Waals surface area (Å²) in [6, 6.07) is -2.14. The highest BCUT2D eigenvalue weighted by molar-refractivity contribution is 6.03. The third kappa shape index (κ3) is 3.92. The molecule has 10 heteroatoms. The minimum atomic E-state index is -1.09. The molecular formula is C20H28N4O6. The summed E-state index contributed by atoms with van der Waals surface area (Å²) in [5, 5.41) is 5.33. The third-order valence-electron chi connectivity index (χ3n) is 6.40. The molecule has 5 unspecified atom stereocenters. The van der Waals surface area contributed by atoms with Gasteiger partial charge in [-0.05, 0) is 32.6 Å². The van der Waals surface area contributed by atoms with Crippen LogP contribution < -0.4 is 10.6 Å². The summed E-state index contributed by atoms with van der Waals surface area (Å²) in [5.74, 6) is -1.40. The number of Topliss-reactive ketones (excluding diaryl/α,β-unsaturated/α-hetero) is 1. The van der Waals surface area contributed by atoms with Crippen LogP contribution in [0.2, 0.25) is 0 Å². The molecule has 10 nitrogen and oxygen atoms in total. The molecule has 0 bridgehead atoms. The molecule has 164 valence electrons. The maximum Gasteiger partial charge on any atom is 0.264 e. The van der Waals surface area contributed by atoms with Gasteiger partial charge in [-0.2, -0.15) is 0 Å². The Morgan fingerprint density at radius 3 is 2.57 bits per heavy atom. The van der Waals surface area contributed by atoms with Crippen molar-refractivity contribution in [1.82, 2.24) is 20.4 Å². The van der Waals surface area contributed by atoms with Gasteiger partial charge >= 0.3 is 0 Å². The van der Waals surface area contributed by atoms with Gasteiger partial charge in [0.1, 0.15) is 24.2 Å². The highest BCUT2D eigenvalue weighted by Gasteiger charge is 2.50. The van der Waals surface area contributed by atoms with E-state index in [1.54, 1.807) is 11.8 Å². The number of hydrogen-bond acceptors (Lipinski definition) is 6. The zero-order valence-electron chi connectivity index (χ0n) is 17.1. The lowest BCUT2D eigenvalue weighted by Crippen LogP contribution is -2.55. The monoisotopic (exact) mass is 420 g/mol. The lowest BCUT2D eigenvalue weighted by atomic mass is 10.0. The number of hydrogen-bond donors (Lipinski definition) is 2. The molecule has 5 atom stereocenters. The fraction of sp³-hybridized carbons (Fsp3) is 0.750. The van der Waals surface area contributed by atoms with Gasteiger partial charge in [0.25, 0.3) is 5.91 Å². The largest absolute Gasteiger partial charge is 0.365 e. The molecule has 0 saturated carbocycles. The lowest BCUT2D eigenvalue weighted by molar-refractivity contribution is -0.146. The number of carbonyl (C=O) groups is 5. The Balaban J connectivity index is 1.43. The van der Waals surface area contributed by atoms with E-state index < -0.39 is 30.2 Å². The van der Waals surface area contributed by atoms with E-state index in [9.17, 15) is 24.0 Å².